The molecule has 0 radical (unpaired) electrons. The Morgan fingerprint density at radius 2 is 2.04 bits per heavy atom. The van der Waals surface area contributed by atoms with Crippen LogP contribution in [-0.4, -0.2) is 22.2 Å². The summed E-state index contributed by atoms with van der Waals surface area (Å²) in [6, 6.07) is 11.0. The number of hydrogen-bond donors (Lipinski definition) is 3. The zero-order valence-corrected chi connectivity index (χ0v) is 13.0. The molecule has 0 bridgehead atoms. The molecule has 7 nitrogen and oxygen atoms in total. The summed E-state index contributed by atoms with van der Waals surface area (Å²) >= 11 is 0. The average Bonchev–Trinajstić information content (AvgIpc) is 2.83. The van der Waals surface area contributed by atoms with Crippen LogP contribution >= 0.6 is 0 Å². The highest BCUT2D eigenvalue weighted by molar-refractivity contribution is 5.90. The van der Waals surface area contributed by atoms with Gasteiger partial charge in [-0.1, -0.05) is 24.3 Å². The largest absolute Gasteiger partial charge is 0.390 e. The molecule has 0 saturated carbocycles. The fourth-order valence-electron chi connectivity index (χ4n) is 2.99. The molecule has 0 heterocycles. The molecule has 3 N–H and O–H groups in total. The van der Waals surface area contributed by atoms with Crippen molar-refractivity contribution in [1.29, 1.82) is 0 Å². The lowest BCUT2D eigenvalue weighted by atomic mass is 10.1. The van der Waals surface area contributed by atoms with Crippen LogP contribution in [0.25, 0.3) is 0 Å². The maximum Gasteiger partial charge on any atom is 0.319 e. The quantitative estimate of drug-likeness (QED) is 0.595. The Hall–Kier alpha value is -2.93. The van der Waals surface area contributed by atoms with Gasteiger partial charge in [0, 0.05) is 23.7 Å². The SMILES string of the molecule is Cc1cc(NC(=O)N[C@@H]2c3ccccc3C[C@H]2O)ccc1[N+](=O)[O-]. The number of carbonyl (C=O) groups is 1. The number of nitro benzene ring substituents is 1. The highest BCUT2D eigenvalue weighted by atomic mass is 16.6. The summed E-state index contributed by atoms with van der Waals surface area (Å²) in [5, 5.41) is 26.4. The molecule has 2 atom stereocenters. The molecule has 0 fully saturated rings. The topological polar surface area (TPSA) is 104 Å². The molecule has 0 saturated heterocycles. The third-order valence-corrected chi connectivity index (χ3v) is 4.14. The maximum absolute atomic E-state index is 12.2. The first-order chi connectivity index (χ1) is 11.5. The molecule has 2 aromatic rings. The second-order valence-electron chi connectivity index (χ2n) is 5.80. The van der Waals surface area contributed by atoms with Crippen LogP contribution in [0.4, 0.5) is 16.2 Å². The Morgan fingerprint density at radius 1 is 1.29 bits per heavy atom. The molecule has 24 heavy (non-hydrogen) atoms. The van der Waals surface area contributed by atoms with Crippen LogP contribution in [0.3, 0.4) is 0 Å². The third kappa shape index (κ3) is 3.07. The normalized spacial score (nSPS) is 18.8. The van der Waals surface area contributed by atoms with Gasteiger partial charge >= 0.3 is 6.03 Å². The van der Waals surface area contributed by atoms with Crippen molar-refractivity contribution >= 4 is 17.4 Å². The lowest BCUT2D eigenvalue weighted by Gasteiger charge is -2.18. The van der Waals surface area contributed by atoms with Crippen molar-refractivity contribution in [2.75, 3.05) is 5.32 Å². The molecular weight excluding hydrogens is 310 g/mol. The van der Waals surface area contributed by atoms with Gasteiger partial charge in [-0.2, -0.15) is 0 Å². The van der Waals surface area contributed by atoms with E-state index >= 15 is 0 Å². The van der Waals surface area contributed by atoms with E-state index in [9.17, 15) is 20.0 Å². The highest BCUT2D eigenvalue weighted by Gasteiger charge is 2.31. The van der Waals surface area contributed by atoms with Crippen molar-refractivity contribution < 1.29 is 14.8 Å². The number of fused-ring (bicyclic) bond motifs is 1. The van der Waals surface area contributed by atoms with E-state index in [1.54, 1.807) is 6.92 Å². The number of aryl methyl sites for hydroxylation is 1. The van der Waals surface area contributed by atoms with Gasteiger partial charge in [-0.25, -0.2) is 4.79 Å². The van der Waals surface area contributed by atoms with Gasteiger partial charge in [0.1, 0.15) is 0 Å². The second kappa shape index (κ2) is 6.29. The van der Waals surface area contributed by atoms with Gasteiger partial charge < -0.3 is 15.7 Å². The van der Waals surface area contributed by atoms with Crippen LogP contribution in [-0.2, 0) is 6.42 Å². The molecule has 0 spiro atoms. The second-order valence-corrected chi connectivity index (χ2v) is 5.80. The standard InChI is InChI=1S/C17H17N3O4/c1-10-8-12(6-7-14(10)20(23)24)18-17(22)19-16-13-5-3-2-4-11(13)9-15(16)21/h2-8,15-16,21H,9H2,1H3,(H2,18,19,22)/t15-,16-/m1/s1. The van der Waals surface area contributed by atoms with Gasteiger partial charge in [-0.05, 0) is 30.2 Å². The lowest BCUT2D eigenvalue weighted by molar-refractivity contribution is -0.385. The number of nitrogens with one attached hydrogen (secondary N) is 2. The monoisotopic (exact) mass is 327 g/mol. The Morgan fingerprint density at radius 3 is 2.75 bits per heavy atom. The first kappa shape index (κ1) is 15.9. The van der Waals surface area contributed by atoms with Crippen molar-refractivity contribution in [1.82, 2.24) is 5.32 Å². The summed E-state index contributed by atoms with van der Waals surface area (Å²) < 4.78 is 0. The smallest absolute Gasteiger partial charge is 0.319 e. The molecule has 2 amide bonds. The Kier molecular flexibility index (Phi) is 4.18. The van der Waals surface area contributed by atoms with Crippen molar-refractivity contribution in [2.24, 2.45) is 0 Å². The summed E-state index contributed by atoms with van der Waals surface area (Å²) in [6.07, 6.45) is -0.177. The van der Waals surface area contributed by atoms with E-state index in [1.165, 1.54) is 18.2 Å². The molecule has 124 valence electrons. The molecule has 7 heteroatoms. The molecule has 2 aromatic carbocycles. The van der Waals surface area contributed by atoms with Crippen LogP contribution in [0.1, 0.15) is 22.7 Å². The van der Waals surface area contributed by atoms with Gasteiger partial charge in [0.05, 0.1) is 17.1 Å². The number of aliphatic hydroxyl groups is 1. The highest BCUT2D eigenvalue weighted by Crippen LogP contribution is 2.31. The number of nitrogens with zero attached hydrogens (tertiary/aromatic N) is 1. The van der Waals surface area contributed by atoms with Gasteiger partial charge in [0.2, 0.25) is 0 Å². The number of carbonyl (C=O) groups excluding carboxylic acids is 1. The minimum atomic E-state index is -0.674. The minimum Gasteiger partial charge on any atom is -0.390 e. The molecule has 0 aliphatic heterocycles. The van der Waals surface area contributed by atoms with Crippen molar-refractivity contribution in [3.8, 4) is 0 Å². The van der Waals surface area contributed by atoms with E-state index in [1.807, 2.05) is 24.3 Å². The van der Waals surface area contributed by atoms with Crippen LogP contribution in [0.15, 0.2) is 42.5 Å². The number of amides is 2. The predicted molar refractivity (Wildman–Crippen MR) is 88.9 cm³/mol. The van der Waals surface area contributed by atoms with Gasteiger partial charge in [0.25, 0.3) is 5.69 Å². The predicted octanol–water partition coefficient (Wildman–Crippen LogP) is 2.68. The summed E-state index contributed by atoms with van der Waals surface area (Å²) in [4.78, 5) is 22.5. The van der Waals surface area contributed by atoms with E-state index in [-0.39, 0.29) is 5.69 Å². The fourth-order valence-corrected chi connectivity index (χ4v) is 2.99. The zero-order valence-electron chi connectivity index (χ0n) is 13.0. The van der Waals surface area contributed by atoms with Crippen molar-refractivity contribution in [3.63, 3.8) is 0 Å². The number of hydrogen-bond acceptors (Lipinski definition) is 4. The van der Waals surface area contributed by atoms with E-state index in [0.29, 0.717) is 17.7 Å². The van der Waals surface area contributed by atoms with E-state index < -0.39 is 23.1 Å². The number of aliphatic hydroxyl groups excluding tert-OH is 1. The van der Waals surface area contributed by atoms with Crippen LogP contribution in [0.2, 0.25) is 0 Å². The van der Waals surface area contributed by atoms with Crippen molar-refractivity contribution in [3.05, 3.63) is 69.3 Å². The van der Waals surface area contributed by atoms with Gasteiger partial charge in [0.15, 0.2) is 0 Å². The Balaban J connectivity index is 1.70. The van der Waals surface area contributed by atoms with Gasteiger partial charge in [-0.15, -0.1) is 0 Å². The Labute approximate surface area is 138 Å². The summed E-state index contributed by atoms with van der Waals surface area (Å²) in [5.74, 6) is 0. The van der Waals surface area contributed by atoms with Crippen LogP contribution in [0, 0.1) is 17.0 Å². The average molecular weight is 327 g/mol. The molecule has 0 aromatic heterocycles. The van der Waals surface area contributed by atoms with E-state index in [4.69, 9.17) is 0 Å². The van der Waals surface area contributed by atoms with Crippen molar-refractivity contribution in [2.45, 2.75) is 25.5 Å². The summed E-state index contributed by atoms with van der Waals surface area (Å²) in [5.41, 5.74) is 2.84. The number of nitro groups is 1. The summed E-state index contributed by atoms with van der Waals surface area (Å²) in [7, 11) is 0. The Bertz CT molecular complexity index is 806. The molecule has 0 unspecified atom stereocenters. The molecule has 1 aliphatic carbocycles. The number of anilines is 1. The molecule has 3 rings (SSSR count). The van der Waals surface area contributed by atoms with Gasteiger partial charge in [-0.3, -0.25) is 10.1 Å². The van der Waals surface area contributed by atoms with Crippen LogP contribution < -0.4 is 10.6 Å². The molecule has 1 aliphatic rings. The zero-order chi connectivity index (χ0) is 17.3. The van der Waals surface area contributed by atoms with E-state index in [0.717, 1.165) is 11.1 Å². The minimum absolute atomic E-state index is 0.00102. The number of benzene rings is 2. The maximum atomic E-state index is 12.2. The first-order valence-electron chi connectivity index (χ1n) is 7.54. The van der Waals surface area contributed by atoms with E-state index in [2.05, 4.69) is 10.6 Å². The number of rotatable bonds is 3. The first-order valence-corrected chi connectivity index (χ1v) is 7.54. The molecular formula is C17H17N3O4. The summed E-state index contributed by atoms with van der Waals surface area (Å²) in [6.45, 7) is 1.61. The fraction of sp³-hybridized carbons (Fsp3) is 0.235. The lowest BCUT2D eigenvalue weighted by Crippen LogP contribution is -2.36. The third-order valence-electron chi connectivity index (χ3n) is 4.14. The van der Waals surface area contributed by atoms with Crippen LogP contribution in [0.5, 0.6) is 0 Å². The number of urea groups is 1.